The van der Waals surface area contributed by atoms with Gasteiger partial charge in [-0.25, -0.2) is 0 Å². The molecule has 31 heavy (non-hydrogen) atoms. The predicted octanol–water partition coefficient (Wildman–Crippen LogP) is 5.15. The third-order valence-electron chi connectivity index (χ3n) is 5.63. The predicted molar refractivity (Wildman–Crippen MR) is 126 cm³/mol. The van der Waals surface area contributed by atoms with Crippen molar-refractivity contribution < 1.29 is 9.59 Å². The lowest BCUT2D eigenvalue weighted by molar-refractivity contribution is 0.0880. The summed E-state index contributed by atoms with van der Waals surface area (Å²) in [4.78, 5) is 28.9. The van der Waals surface area contributed by atoms with Crippen LogP contribution >= 0.6 is 11.6 Å². The zero-order chi connectivity index (χ0) is 21.5. The zero-order valence-electron chi connectivity index (χ0n) is 16.9. The molecular formula is C25H20ClN3O2. The summed E-state index contributed by atoms with van der Waals surface area (Å²) < 4.78 is 0. The fourth-order valence-electron chi connectivity index (χ4n) is 4.22. The fourth-order valence-corrected chi connectivity index (χ4v) is 4.46. The lowest BCUT2D eigenvalue weighted by Gasteiger charge is -2.09. The number of carbonyl (C=O) groups is 2. The molecule has 0 bridgehead atoms. The summed E-state index contributed by atoms with van der Waals surface area (Å²) in [5.74, 6) is -0.772. The number of aromatic amines is 1. The first kappa shape index (κ1) is 19.5. The highest BCUT2D eigenvalue weighted by molar-refractivity contribution is 6.36. The number of halogens is 1. The minimum atomic E-state index is -0.393. The Kier molecular flexibility index (Phi) is 4.85. The summed E-state index contributed by atoms with van der Waals surface area (Å²) >= 11 is 6.43. The monoisotopic (exact) mass is 429 g/mol. The van der Waals surface area contributed by atoms with Crippen molar-refractivity contribution in [3.05, 3.63) is 76.3 Å². The Balaban J connectivity index is 1.75. The maximum absolute atomic E-state index is 12.8. The summed E-state index contributed by atoms with van der Waals surface area (Å²) in [6.07, 6.45) is 5.15. The third kappa shape index (κ3) is 3.23. The van der Waals surface area contributed by atoms with Crippen LogP contribution in [-0.4, -0.2) is 30.4 Å². The van der Waals surface area contributed by atoms with E-state index in [1.807, 2.05) is 43.4 Å². The summed E-state index contributed by atoms with van der Waals surface area (Å²) in [5, 5.41) is 7.78. The van der Waals surface area contributed by atoms with Crippen molar-refractivity contribution in [2.24, 2.45) is 0 Å². The van der Waals surface area contributed by atoms with Crippen molar-refractivity contribution >= 4 is 51.3 Å². The van der Waals surface area contributed by atoms with Gasteiger partial charge in [0, 0.05) is 32.4 Å². The van der Waals surface area contributed by atoms with Gasteiger partial charge in [0.1, 0.15) is 0 Å². The van der Waals surface area contributed by atoms with E-state index in [4.69, 9.17) is 11.6 Å². The molecule has 2 amide bonds. The van der Waals surface area contributed by atoms with Crippen molar-refractivity contribution in [3.8, 4) is 11.1 Å². The Morgan fingerprint density at radius 1 is 0.968 bits per heavy atom. The summed E-state index contributed by atoms with van der Waals surface area (Å²) in [6, 6.07) is 15.3. The number of nitrogens with one attached hydrogen (secondary N) is 3. The molecule has 1 aliphatic heterocycles. The van der Waals surface area contributed by atoms with Gasteiger partial charge in [0.05, 0.1) is 11.1 Å². The van der Waals surface area contributed by atoms with Crippen LogP contribution in [-0.2, 0) is 0 Å². The van der Waals surface area contributed by atoms with E-state index in [0.29, 0.717) is 21.7 Å². The second kappa shape index (κ2) is 7.69. The number of amides is 2. The molecule has 3 N–H and O–H groups in total. The van der Waals surface area contributed by atoms with Crippen molar-refractivity contribution in [1.82, 2.24) is 15.6 Å². The zero-order valence-corrected chi connectivity index (χ0v) is 17.6. The first-order chi connectivity index (χ1) is 15.1. The molecule has 5 nitrogen and oxygen atoms in total. The molecule has 3 aromatic carbocycles. The number of rotatable bonds is 5. The lowest BCUT2D eigenvalue weighted by atomic mass is 9.93. The molecule has 1 aliphatic rings. The van der Waals surface area contributed by atoms with Gasteiger partial charge in [0.15, 0.2) is 0 Å². The Morgan fingerprint density at radius 3 is 2.58 bits per heavy atom. The molecule has 0 spiro atoms. The molecule has 0 saturated carbocycles. The second-order valence-electron chi connectivity index (χ2n) is 7.58. The van der Waals surface area contributed by atoms with Crippen LogP contribution in [0.3, 0.4) is 0 Å². The SMILES string of the molecule is CNCCC=Cc1ccc2c(c1)[nH]c1cc(-c3ccccc3Cl)c3c(c12)C(=O)NC3=O. The lowest BCUT2D eigenvalue weighted by Crippen LogP contribution is -2.20. The van der Waals surface area contributed by atoms with Gasteiger partial charge in [-0.2, -0.15) is 0 Å². The van der Waals surface area contributed by atoms with Gasteiger partial charge in [0.25, 0.3) is 11.8 Å². The van der Waals surface area contributed by atoms with E-state index in [1.54, 1.807) is 6.07 Å². The van der Waals surface area contributed by atoms with Crippen molar-refractivity contribution in [2.45, 2.75) is 6.42 Å². The molecule has 0 fully saturated rings. The quantitative estimate of drug-likeness (QED) is 0.303. The van der Waals surface area contributed by atoms with Crippen LogP contribution in [0.2, 0.25) is 5.02 Å². The van der Waals surface area contributed by atoms with Crippen molar-refractivity contribution in [3.63, 3.8) is 0 Å². The van der Waals surface area contributed by atoms with Crippen LogP contribution in [0.25, 0.3) is 39.0 Å². The number of hydrogen-bond acceptors (Lipinski definition) is 3. The maximum atomic E-state index is 12.8. The number of benzene rings is 3. The van der Waals surface area contributed by atoms with Gasteiger partial charge in [-0.15, -0.1) is 0 Å². The van der Waals surface area contributed by atoms with E-state index >= 15 is 0 Å². The van der Waals surface area contributed by atoms with E-state index in [9.17, 15) is 9.59 Å². The number of carbonyl (C=O) groups excluding carboxylic acids is 2. The standard InChI is InChI=1S/C25H20ClN3O2/c1-27-11-5-4-6-14-9-10-16-19(12-14)28-20-13-17(15-7-2-3-8-18(15)26)22-23(21(16)20)25(31)29-24(22)30/h2-4,6-10,12-13,27-28H,5,11H2,1H3,(H,29,30,31). The minimum Gasteiger partial charge on any atom is -0.354 e. The highest BCUT2D eigenvalue weighted by atomic mass is 35.5. The van der Waals surface area contributed by atoms with Crippen LogP contribution in [0.4, 0.5) is 0 Å². The largest absolute Gasteiger partial charge is 0.354 e. The Morgan fingerprint density at radius 2 is 1.77 bits per heavy atom. The van der Waals surface area contributed by atoms with Crippen LogP contribution < -0.4 is 10.6 Å². The van der Waals surface area contributed by atoms with E-state index in [-0.39, 0.29) is 5.91 Å². The minimum absolute atomic E-state index is 0.377. The summed E-state index contributed by atoms with van der Waals surface area (Å²) in [7, 11) is 1.93. The van der Waals surface area contributed by atoms with Gasteiger partial charge in [-0.05, 0) is 49.3 Å². The van der Waals surface area contributed by atoms with Crippen LogP contribution in [0.1, 0.15) is 32.7 Å². The molecule has 2 heterocycles. The first-order valence-corrected chi connectivity index (χ1v) is 10.5. The van der Waals surface area contributed by atoms with E-state index in [0.717, 1.165) is 45.9 Å². The topological polar surface area (TPSA) is 74.0 Å². The Bertz CT molecular complexity index is 1400. The average Bonchev–Trinajstić information content (AvgIpc) is 3.27. The molecule has 1 aromatic heterocycles. The Hall–Kier alpha value is -3.41. The van der Waals surface area contributed by atoms with E-state index in [2.05, 4.69) is 33.8 Å². The average molecular weight is 430 g/mol. The smallest absolute Gasteiger partial charge is 0.259 e. The van der Waals surface area contributed by atoms with E-state index in [1.165, 1.54) is 0 Å². The molecule has 154 valence electrons. The van der Waals surface area contributed by atoms with Crippen molar-refractivity contribution in [1.29, 1.82) is 0 Å². The number of hydrogen-bond donors (Lipinski definition) is 3. The van der Waals surface area contributed by atoms with E-state index < -0.39 is 5.91 Å². The molecule has 0 aliphatic carbocycles. The molecule has 5 rings (SSSR count). The number of imide groups is 1. The number of H-pyrrole nitrogens is 1. The molecule has 6 heteroatoms. The molecule has 0 atom stereocenters. The number of fused-ring (bicyclic) bond motifs is 5. The summed E-state index contributed by atoms with van der Waals surface area (Å²) in [5.41, 5.74) is 4.93. The molecular weight excluding hydrogens is 410 g/mol. The van der Waals surface area contributed by atoms with Crippen LogP contribution in [0.5, 0.6) is 0 Å². The van der Waals surface area contributed by atoms with Crippen molar-refractivity contribution in [2.75, 3.05) is 13.6 Å². The maximum Gasteiger partial charge on any atom is 0.259 e. The van der Waals surface area contributed by atoms with Gasteiger partial charge in [-0.3, -0.25) is 14.9 Å². The normalized spacial score (nSPS) is 13.5. The first-order valence-electron chi connectivity index (χ1n) is 10.1. The molecule has 0 unspecified atom stereocenters. The van der Waals surface area contributed by atoms with Gasteiger partial charge < -0.3 is 10.3 Å². The van der Waals surface area contributed by atoms with Gasteiger partial charge in [0.2, 0.25) is 0 Å². The highest BCUT2D eigenvalue weighted by Crippen LogP contribution is 2.40. The highest BCUT2D eigenvalue weighted by Gasteiger charge is 2.34. The molecule has 0 radical (unpaired) electrons. The summed E-state index contributed by atoms with van der Waals surface area (Å²) in [6.45, 7) is 0.922. The van der Waals surface area contributed by atoms with Gasteiger partial charge in [-0.1, -0.05) is 54.1 Å². The second-order valence-corrected chi connectivity index (χ2v) is 7.99. The molecule has 0 saturated heterocycles. The van der Waals surface area contributed by atoms with Gasteiger partial charge >= 0.3 is 0 Å². The van der Waals surface area contributed by atoms with Crippen LogP contribution in [0, 0.1) is 0 Å². The Labute approximate surface area is 184 Å². The molecule has 4 aromatic rings. The third-order valence-corrected chi connectivity index (χ3v) is 5.96. The van der Waals surface area contributed by atoms with Crippen LogP contribution in [0.15, 0.2) is 54.6 Å². The fraction of sp³-hybridized carbons (Fsp3) is 0.120. The number of aromatic nitrogens is 1.